The Kier molecular flexibility index (Phi) is 3.00. The van der Waals surface area contributed by atoms with Crippen LogP contribution in [0.1, 0.15) is 29.5 Å². The molecule has 0 atom stereocenters. The summed E-state index contributed by atoms with van der Waals surface area (Å²) in [6.45, 7) is 6.74. The first-order valence-corrected chi connectivity index (χ1v) is 5.55. The molecule has 78 valence electrons. The zero-order valence-electron chi connectivity index (χ0n) is 9.29. The van der Waals surface area contributed by atoms with Gasteiger partial charge in [0, 0.05) is 12.3 Å². The minimum atomic E-state index is 0.881. The van der Waals surface area contributed by atoms with Crippen molar-refractivity contribution in [3.05, 3.63) is 47.5 Å². The largest absolute Gasteiger partial charge is 0.289 e. The van der Waals surface area contributed by atoms with Crippen LogP contribution in [0.4, 0.5) is 0 Å². The molecule has 0 radical (unpaired) electrons. The van der Waals surface area contributed by atoms with Crippen molar-refractivity contribution < 1.29 is 0 Å². The first-order chi connectivity index (χ1) is 7.31. The molecule has 15 heavy (non-hydrogen) atoms. The van der Waals surface area contributed by atoms with E-state index in [1.54, 1.807) is 0 Å². The van der Waals surface area contributed by atoms with Crippen LogP contribution >= 0.6 is 0 Å². The summed E-state index contributed by atoms with van der Waals surface area (Å²) >= 11 is 0. The van der Waals surface area contributed by atoms with Crippen LogP contribution in [0.5, 0.6) is 0 Å². The van der Waals surface area contributed by atoms with E-state index in [0.717, 1.165) is 25.8 Å². The molecule has 0 aliphatic heterocycles. The second-order valence-corrected chi connectivity index (χ2v) is 4.07. The molecule has 1 nitrogen and oxygen atoms in total. The molecule has 0 bridgehead atoms. The maximum absolute atomic E-state index is 4.63. The van der Waals surface area contributed by atoms with Crippen LogP contribution < -0.4 is 0 Å². The molecule has 1 aromatic carbocycles. The van der Waals surface area contributed by atoms with Crippen molar-refractivity contribution in [2.45, 2.75) is 26.2 Å². The average Bonchev–Trinajstić information content (AvgIpc) is 2.61. The molecular weight excluding hydrogens is 182 g/mol. The van der Waals surface area contributed by atoms with E-state index in [9.17, 15) is 0 Å². The molecule has 2 rings (SSSR count). The van der Waals surface area contributed by atoms with Crippen molar-refractivity contribution in [2.24, 2.45) is 4.99 Å². The van der Waals surface area contributed by atoms with Crippen LogP contribution in [0.25, 0.3) is 0 Å². The van der Waals surface area contributed by atoms with Crippen molar-refractivity contribution in [2.75, 3.05) is 6.54 Å². The Morgan fingerprint density at radius 1 is 1.40 bits per heavy atom. The highest BCUT2D eigenvalue weighted by atomic mass is 14.7. The average molecular weight is 199 g/mol. The number of fused-ring (bicyclic) bond motifs is 1. The van der Waals surface area contributed by atoms with Crippen LogP contribution in [-0.2, 0) is 6.42 Å². The Hall–Kier alpha value is -1.37. The second-order valence-electron chi connectivity index (χ2n) is 4.07. The summed E-state index contributed by atoms with van der Waals surface area (Å²) in [5.74, 6) is 0. The molecule has 0 amide bonds. The number of aliphatic imine (C=N–C) groups is 1. The fourth-order valence-electron chi connectivity index (χ4n) is 2.05. The van der Waals surface area contributed by atoms with Crippen LogP contribution in [0.3, 0.4) is 0 Å². The summed E-state index contributed by atoms with van der Waals surface area (Å²) in [7, 11) is 0. The minimum Gasteiger partial charge on any atom is -0.289 e. The van der Waals surface area contributed by atoms with Gasteiger partial charge < -0.3 is 0 Å². The van der Waals surface area contributed by atoms with E-state index in [0.29, 0.717) is 0 Å². The molecule has 0 heterocycles. The van der Waals surface area contributed by atoms with Crippen LogP contribution in [0.15, 0.2) is 35.8 Å². The van der Waals surface area contributed by atoms with Gasteiger partial charge >= 0.3 is 0 Å². The zero-order valence-corrected chi connectivity index (χ0v) is 9.29. The SMILES string of the molecule is C=CCCN=C1CCc2cc(C)ccc21. The lowest BCUT2D eigenvalue weighted by molar-refractivity contribution is 0.993. The Morgan fingerprint density at radius 3 is 3.07 bits per heavy atom. The molecule has 0 N–H and O–H groups in total. The lowest BCUT2D eigenvalue weighted by Gasteiger charge is -2.01. The van der Waals surface area contributed by atoms with E-state index in [4.69, 9.17) is 0 Å². The number of nitrogens with zero attached hydrogens (tertiary/aromatic N) is 1. The number of rotatable bonds is 3. The summed E-state index contributed by atoms with van der Waals surface area (Å²) in [6.07, 6.45) is 5.17. The highest BCUT2D eigenvalue weighted by Crippen LogP contribution is 2.23. The quantitative estimate of drug-likeness (QED) is 0.523. The molecule has 1 heteroatoms. The van der Waals surface area contributed by atoms with Gasteiger partial charge in [0.2, 0.25) is 0 Å². The van der Waals surface area contributed by atoms with Crippen molar-refractivity contribution >= 4 is 5.71 Å². The molecule has 0 aromatic heterocycles. The van der Waals surface area contributed by atoms with Gasteiger partial charge in [0.05, 0.1) is 0 Å². The highest BCUT2D eigenvalue weighted by molar-refractivity contribution is 6.04. The zero-order chi connectivity index (χ0) is 10.7. The van der Waals surface area contributed by atoms with E-state index in [2.05, 4.69) is 36.7 Å². The number of hydrogen-bond donors (Lipinski definition) is 0. The number of aryl methyl sites for hydroxylation is 2. The summed E-state index contributed by atoms with van der Waals surface area (Å²) in [4.78, 5) is 4.63. The smallest absolute Gasteiger partial charge is 0.0427 e. The number of benzene rings is 1. The van der Waals surface area contributed by atoms with Gasteiger partial charge in [0.1, 0.15) is 0 Å². The Labute approximate surface area is 91.6 Å². The van der Waals surface area contributed by atoms with E-state index < -0.39 is 0 Å². The third-order valence-corrected chi connectivity index (χ3v) is 2.84. The third-order valence-electron chi connectivity index (χ3n) is 2.84. The van der Waals surface area contributed by atoms with Gasteiger partial charge in [0.15, 0.2) is 0 Å². The standard InChI is InChI=1S/C14H17N/c1-3-4-9-15-14-8-6-12-10-11(2)5-7-13(12)14/h3,5,7,10H,1,4,6,8-9H2,2H3. The van der Waals surface area contributed by atoms with E-state index >= 15 is 0 Å². The second kappa shape index (κ2) is 4.43. The molecule has 1 aliphatic rings. The number of hydrogen-bond acceptors (Lipinski definition) is 1. The van der Waals surface area contributed by atoms with Crippen LogP contribution in [0.2, 0.25) is 0 Å². The summed E-state index contributed by atoms with van der Waals surface area (Å²) in [5, 5.41) is 0. The fourth-order valence-corrected chi connectivity index (χ4v) is 2.05. The molecule has 0 saturated carbocycles. The van der Waals surface area contributed by atoms with E-state index in [1.807, 2.05) is 6.08 Å². The van der Waals surface area contributed by atoms with E-state index in [1.165, 1.54) is 22.4 Å². The van der Waals surface area contributed by atoms with Gasteiger partial charge in [-0.1, -0.05) is 29.8 Å². The Balaban J connectivity index is 2.21. The van der Waals surface area contributed by atoms with Crippen LogP contribution in [0, 0.1) is 6.92 Å². The van der Waals surface area contributed by atoms with Gasteiger partial charge in [-0.25, -0.2) is 0 Å². The van der Waals surface area contributed by atoms with Gasteiger partial charge in [-0.3, -0.25) is 4.99 Å². The van der Waals surface area contributed by atoms with E-state index in [-0.39, 0.29) is 0 Å². The molecule has 1 aliphatic carbocycles. The summed E-state index contributed by atoms with van der Waals surface area (Å²) in [5.41, 5.74) is 5.46. The molecule has 0 spiro atoms. The van der Waals surface area contributed by atoms with Gasteiger partial charge in [0.25, 0.3) is 0 Å². The predicted molar refractivity (Wildman–Crippen MR) is 65.7 cm³/mol. The maximum atomic E-state index is 4.63. The van der Waals surface area contributed by atoms with Crippen LogP contribution in [-0.4, -0.2) is 12.3 Å². The highest BCUT2D eigenvalue weighted by Gasteiger charge is 2.16. The van der Waals surface area contributed by atoms with Crippen molar-refractivity contribution in [3.8, 4) is 0 Å². The first kappa shape index (κ1) is 10.2. The summed E-state index contributed by atoms with van der Waals surface area (Å²) in [6, 6.07) is 6.67. The lowest BCUT2D eigenvalue weighted by Crippen LogP contribution is -1.96. The van der Waals surface area contributed by atoms with Gasteiger partial charge in [-0.05, 0) is 37.3 Å². The van der Waals surface area contributed by atoms with Crippen molar-refractivity contribution in [3.63, 3.8) is 0 Å². The Morgan fingerprint density at radius 2 is 2.27 bits per heavy atom. The fraction of sp³-hybridized carbons (Fsp3) is 0.357. The molecule has 0 fully saturated rings. The monoisotopic (exact) mass is 199 g/mol. The van der Waals surface area contributed by atoms with Gasteiger partial charge in [-0.2, -0.15) is 0 Å². The maximum Gasteiger partial charge on any atom is 0.0427 e. The van der Waals surface area contributed by atoms with Gasteiger partial charge in [-0.15, -0.1) is 6.58 Å². The first-order valence-electron chi connectivity index (χ1n) is 5.55. The Bertz CT molecular complexity index is 402. The lowest BCUT2D eigenvalue weighted by atomic mass is 10.1. The molecule has 1 aromatic rings. The molecule has 0 saturated heterocycles. The summed E-state index contributed by atoms with van der Waals surface area (Å²) < 4.78 is 0. The predicted octanol–water partition coefficient (Wildman–Crippen LogP) is 3.31. The topological polar surface area (TPSA) is 12.4 Å². The molecular formula is C14H17N. The minimum absolute atomic E-state index is 0.881. The molecule has 0 unspecified atom stereocenters. The van der Waals surface area contributed by atoms with Crippen molar-refractivity contribution in [1.82, 2.24) is 0 Å². The van der Waals surface area contributed by atoms with Crippen molar-refractivity contribution in [1.29, 1.82) is 0 Å². The normalized spacial score (nSPS) is 16.7. The third kappa shape index (κ3) is 2.17.